The summed E-state index contributed by atoms with van der Waals surface area (Å²) >= 11 is 3.02. The second kappa shape index (κ2) is 5.09. The van der Waals surface area contributed by atoms with Crippen molar-refractivity contribution in [1.29, 1.82) is 0 Å². The van der Waals surface area contributed by atoms with E-state index in [1.165, 1.54) is 0 Å². The van der Waals surface area contributed by atoms with Crippen molar-refractivity contribution in [3.8, 4) is 0 Å². The first kappa shape index (κ1) is 13.4. The van der Waals surface area contributed by atoms with E-state index in [1.54, 1.807) is 18.2 Å². The first-order chi connectivity index (χ1) is 10.0. The van der Waals surface area contributed by atoms with Crippen LogP contribution < -0.4 is 0 Å². The Morgan fingerprint density at radius 3 is 2.86 bits per heavy atom. The van der Waals surface area contributed by atoms with Crippen LogP contribution in [0.15, 0.2) is 39.5 Å². The number of ketones is 1. The predicted molar refractivity (Wildman–Crippen MR) is 74.9 cm³/mol. The van der Waals surface area contributed by atoms with Crippen LogP contribution in [0.3, 0.4) is 0 Å². The van der Waals surface area contributed by atoms with Crippen molar-refractivity contribution in [2.45, 2.75) is 6.54 Å². The highest BCUT2D eigenvalue weighted by molar-refractivity contribution is 9.10. The fourth-order valence-electron chi connectivity index (χ4n) is 1.82. The molecule has 0 radical (unpaired) electrons. The maximum absolute atomic E-state index is 12.1. The zero-order chi connectivity index (χ0) is 15.0. The van der Waals surface area contributed by atoms with Crippen LogP contribution in [0.1, 0.15) is 10.6 Å². The number of aromatic nitrogens is 3. The summed E-state index contributed by atoms with van der Waals surface area (Å²) in [6, 6.07) is 8.84. The van der Waals surface area contributed by atoms with Gasteiger partial charge in [-0.25, -0.2) is 0 Å². The molecule has 0 aliphatic carbocycles. The van der Waals surface area contributed by atoms with Crippen molar-refractivity contribution < 1.29 is 14.1 Å². The van der Waals surface area contributed by atoms with Gasteiger partial charge < -0.3 is 14.5 Å². The molecule has 3 rings (SSSR count). The second-order valence-electron chi connectivity index (χ2n) is 4.17. The molecule has 0 aliphatic rings. The second-order valence-corrected chi connectivity index (χ2v) is 4.88. The van der Waals surface area contributed by atoms with E-state index in [9.17, 15) is 14.9 Å². The number of benzene rings is 1. The fourth-order valence-corrected chi connectivity index (χ4v) is 2.19. The fraction of sp³-hybridized carbons (Fsp3) is 0.0833. The lowest BCUT2D eigenvalue weighted by Gasteiger charge is -1.94. The third-order valence-corrected chi connectivity index (χ3v) is 3.36. The Kier molecular flexibility index (Phi) is 3.26. The number of halogens is 1. The van der Waals surface area contributed by atoms with Gasteiger partial charge in [0.05, 0.1) is 0 Å². The molecule has 0 amide bonds. The van der Waals surface area contributed by atoms with Gasteiger partial charge in [-0.15, -0.1) is 0 Å². The molecule has 21 heavy (non-hydrogen) atoms. The third kappa shape index (κ3) is 2.55. The molecule has 9 heteroatoms. The van der Waals surface area contributed by atoms with E-state index in [1.807, 2.05) is 12.1 Å². The highest BCUT2D eigenvalue weighted by Gasteiger charge is 2.23. The van der Waals surface area contributed by atoms with Crippen LogP contribution in [0.4, 0.5) is 5.95 Å². The monoisotopic (exact) mass is 350 g/mol. The minimum Gasteiger partial charge on any atom is -0.453 e. The summed E-state index contributed by atoms with van der Waals surface area (Å²) in [7, 11) is 0. The Labute approximate surface area is 125 Å². The summed E-state index contributed by atoms with van der Waals surface area (Å²) in [5, 5.41) is 15.0. The van der Waals surface area contributed by atoms with Crippen molar-refractivity contribution in [3.05, 3.63) is 50.9 Å². The SMILES string of the molecule is O=C(Cn1nc([N+](=O)[O-])nc1Br)c1cc2ccccc2o1. The molecule has 1 aromatic carbocycles. The third-order valence-electron chi connectivity index (χ3n) is 2.77. The maximum Gasteiger partial charge on any atom is 0.492 e. The number of rotatable bonds is 4. The minimum atomic E-state index is -0.729. The number of carbonyl (C=O) groups is 1. The summed E-state index contributed by atoms with van der Waals surface area (Å²) < 4.78 is 6.65. The van der Waals surface area contributed by atoms with Gasteiger partial charge in [0, 0.05) is 26.4 Å². The van der Waals surface area contributed by atoms with Crippen LogP contribution in [0.5, 0.6) is 0 Å². The molecule has 0 saturated heterocycles. The van der Waals surface area contributed by atoms with Crippen LogP contribution >= 0.6 is 15.9 Å². The number of hydrogen-bond donors (Lipinski definition) is 0. The molecule has 0 aliphatic heterocycles. The van der Waals surface area contributed by atoms with Gasteiger partial charge >= 0.3 is 5.95 Å². The highest BCUT2D eigenvalue weighted by Crippen LogP contribution is 2.20. The molecular formula is C12H7BrN4O4. The van der Waals surface area contributed by atoms with Crippen molar-refractivity contribution in [1.82, 2.24) is 14.8 Å². The van der Waals surface area contributed by atoms with Crippen LogP contribution in [0, 0.1) is 10.1 Å². The van der Waals surface area contributed by atoms with Gasteiger partial charge in [0.25, 0.3) is 4.73 Å². The molecule has 0 spiro atoms. The molecule has 8 nitrogen and oxygen atoms in total. The first-order valence-electron chi connectivity index (χ1n) is 5.81. The van der Waals surface area contributed by atoms with Gasteiger partial charge in [-0.2, -0.15) is 4.68 Å². The average Bonchev–Trinajstić information content (AvgIpc) is 3.03. The van der Waals surface area contributed by atoms with Gasteiger partial charge in [-0.1, -0.05) is 18.2 Å². The summed E-state index contributed by atoms with van der Waals surface area (Å²) in [6.45, 7) is -0.207. The molecule has 0 bridgehead atoms. The molecule has 0 atom stereocenters. The predicted octanol–water partition coefficient (Wildman–Crippen LogP) is 2.58. The van der Waals surface area contributed by atoms with Crippen LogP contribution in [0.25, 0.3) is 11.0 Å². The van der Waals surface area contributed by atoms with Crippen LogP contribution in [-0.4, -0.2) is 25.5 Å². The maximum atomic E-state index is 12.1. The first-order valence-corrected chi connectivity index (χ1v) is 6.60. The molecule has 2 aromatic heterocycles. The smallest absolute Gasteiger partial charge is 0.453 e. The van der Waals surface area contributed by atoms with Crippen molar-refractivity contribution in [3.63, 3.8) is 0 Å². The molecule has 0 unspecified atom stereocenters. The number of carbonyl (C=O) groups excluding carboxylic acids is 1. The van der Waals surface area contributed by atoms with Gasteiger partial charge in [0.2, 0.25) is 5.78 Å². The molecule has 3 aromatic rings. The molecule has 0 N–H and O–H groups in total. The number of nitrogens with zero attached hydrogens (tertiary/aromatic N) is 4. The Morgan fingerprint density at radius 1 is 1.43 bits per heavy atom. The zero-order valence-corrected chi connectivity index (χ0v) is 12.0. The summed E-state index contributed by atoms with van der Waals surface area (Å²) in [6.07, 6.45) is 0. The molecule has 2 heterocycles. The van der Waals surface area contributed by atoms with Gasteiger partial charge in [-0.3, -0.25) is 4.79 Å². The average molecular weight is 351 g/mol. The van der Waals surface area contributed by atoms with E-state index in [0.29, 0.717) is 5.58 Å². The summed E-state index contributed by atoms with van der Waals surface area (Å²) in [5.74, 6) is -0.757. The number of hydrogen-bond acceptors (Lipinski definition) is 6. The van der Waals surface area contributed by atoms with Crippen LogP contribution in [0.2, 0.25) is 0 Å². The van der Waals surface area contributed by atoms with Crippen molar-refractivity contribution in [2.24, 2.45) is 0 Å². The highest BCUT2D eigenvalue weighted by atomic mass is 79.9. The quantitative estimate of drug-likeness (QED) is 0.406. The van der Waals surface area contributed by atoms with E-state index < -0.39 is 10.9 Å². The van der Waals surface area contributed by atoms with Crippen molar-refractivity contribution >= 4 is 38.6 Å². The number of para-hydroxylation sites is 1. The molecule has 106 valence electrons. The Hall–Kier alpha value is -2.55. The molecule has 0 fully saturated rings. The number of Topliss-reactive ketones (excluding diaryl/α,β-unsaturated/α-hetero) is 1. The normalized spacial score (nSPS) is 10.9. The van der Waals surface area contributed by atoms with Gasteiger partial charge in [0.1, 0.15) is 12.1 Å². The minimum absolute atomic E-state index is 0.110. The standard InChI is InChI=1S/C12H7BrN4O4/c13-11-14-12(17(19)20)15-16(11)6-8(18)10-5-7-3-1-2-4-9(7)21-10/h1-5H,6H2. The van der Waals surface area contributed by atoms with E-state index >= 15 is 0 Å². The largest absolute Gasteiger partial charge is 0.492 e. The van der Waals surface area contributed by atoms with E-state index in [-0.39, 0.29) is 22.8 Å². The Balaban J connectivity index is 1.87. The Bertz CT molecular complexity index is 821. The lowest BCUT2D eigenvalue weighted by molar-refractivity contribution is -0.394. The van der Waals surface area contributed by atoms with E-state index in [2.05, 4.69) is 26.0 Å². The number of fused-ring (bicyclic) bond motifs is 1. The lowest BCUT2D eigenvalue weighted by Crippen LogP contribution is -2.11. The summed E-state index contributed by atoms with van der Waals surface area (Å²) in [4.78, 5) is 25.6. The zero-order valence-electron chi connectivity index (χ0n) is 10.4. The summed E-state index contributed by atoms with van der Waals surface area (Å²) in [5.41, 5.74) is 0.601. The number of furan rings is 1. The molecule has 0 saturated carbocycles. The van der Waals surface area contributed by atoms with Crippen molar-refractivity contribution in [2.75, 3.05) is 0 Å². The number of nitro groups is 1. The van der Waals surface area contributed by atoms with Crippen LogP contribution in [-0.2, 0) is 6.54 Å². The van der Waals surface area contributed by atoms with E-state index in [4.69, 9.17) is 4.42 Å². The van der Waals surface area contributed by atoms with Gasteiger partial charge in [-0.05, 0) is 22.0 Å². The van der Waals surface area contributed by atoms with Gasteiger partial charge in [0.15, 0.2) is 5.76 Å². The topological polar surface area (TPSA) is 104 Å². The lowest BCUT2D eigenvalue weighted by atomic mass is 10.2. The van der Waals surface area contributed by atoms with E-state index in [0.717, 1.165) is 10.1 Å². The molecular weight excluding hydrogens is 344 g/mol. The Morgan fingerprint density at radius 2 is 2.19 bits per heavy atom.